The summed E-state index contributed by atoms with van der Waals surface area (Å²) in [5.41, 5.74) is 8.55. The first-order valence-electron chi connectivity index (χ1n) is 21.5. The van der Waals surface area contributed by atoms with Gasteiger partial charge < -0.3 is 20.4 Å². The normalized spacial score (nSPS) is 12.5. The molecule has 0 heterocycles. The van der Waals surface area contributed by atoms with E-state index in [1.54, 1.807) is 55.4 Å². The predicted octanol–water partition coefficient (Wildman–Crippen LogP) is 11.9. The molecule has 2 aromatic carbocycles. The van der Waals surface area contributed by atoms with E-state index in [-0.39, 0.29) is 0 Å². The Bertz CT molecular complexity index is 1690. The Labute approximate surface area is 344 Å². The smallest absolute Gasteiger partial charge is 0.309 e. The van der Waals surface area contributed by atoms with E-state index in [9.17, 15) is 39.6 Å². The molecule has 0 saturated carbocycles. The standard InChI is InChI=1S/C49H76O8/c1-33-29-38(23-15-19-27-48(8,9)44(54)55)41(40(34(33)2)24-16-20-28-49(10,11)45(56)57)32-39-31-36(21-13-12-17-25-46(4,5)42(50)51)30-37(35(39)3)22-14-18-26-47(6,7)43(52)53/h29-31H,12-28,32H2,1-11H3,(H,50,51)(H,52,53)(H,54,55)(H,56,57). The van der Waals surface area contributed by atoms with Crippen LogP contribution in [0.1, 0.15) is 189 Å². The maximum atomic E-state index is 11.8. The maximum absolute atomic E-state index is 11.8. The molecule has 0 atom stereocenters. The first-order chi connectivity index (χ1) is 26.3. The Balaban J connectivity index is 2.55. The van der Waals surface area contributed by atoms with E-state index in [4.69, 9.17) is 0 Å². The molecule has 2 aromatic rings. The molecule has 0 aliphatic carbocycles. The van der Waals surface area contributed by atoms with E-state index in [2.05, 4.69) is 39.0 Å². The lowest BCUT2D eigenvalue weighted by Crippen LogP contribution is -2.23. The molecule has 2 rings (SSSR count). The zero-order valence-electron chi connectivity index (χ0n) is 37.4. The fraction of sp³-hybridized carbons (Fsp3) is 0.673. The summed E-state index contributed by atoms with van der Waals surface area (Å²) in [5, 5.41) is 38.7. The van der Waals surface area contributed by atoms with Crippen molar-refractivity contribution >= 4 is 23.9 Å². The number of unbranched alkanes of at least 4 members (excludes halogenated alkanes) is 5. The third kappa shape index (κ3) is 15.2. The average Bonchev–Trinajstić information content (AvgIpc) is 3.10. The van der Waals surface area contributed by atoms with Crippen molar-refractivity contribution < 1.29 is 39.6 Å². The van der Waals surface area contributed by atoms with Crippen molar-refractivity contribution in [1.29, 1.82) is 0 Å². The van der Waals surface area contributed by atoms with Gasteiger partial charge in [0.15, 0.2) is 0 Å². The molecule has 0 unspecified atom stereocenters. The van der Waals surface area contributed by atoms with Crippen LogP contribution in [0.3, 0.4) is 0 Å². The minimum atomic E-state index is -0.775. The lowest BCUT2D eigenvalue weighted by Gasteiger charge is -2.24. The van der Waals surface area contributed by atoms with Gasteiger partial charge in [-0.2, -0.15) is 0 Å². The summed E-state index contributed by atoms with van der Waals surface area (Å²) in [4.78, 5) is 47.1. The molecule has 8 heteroatoms. The summed E-state index contributed by atoms with van der Waals surface area (Å²) in [6, 6.07) is 7.02. The number of hydrogen-bond donors (Lipinski definition) is 4. The first kappa shape index (κ1) is 49.5. The highest BCUT2D eigenvalue weighted by molar-refractivity contribution is 5.74. The van der Waals surface area contributed by atoms with Crippen molar-refractivity contribution in [2.24, 2.45) is 21.7 Å². The molecular formula is C49H76O8. The molecule has 0 amide bonds. The number of rotatable bonds is 27. The van der Waals surface area contributed by atoms with Crippen molar-refractivity contribution in [2.75, 3.05) is 0 Å². The Morgan fingerprint density at radius 2 is 0.789 bits per heavy atom. The molecule has 0 fully saturated rings. The van der Waals surface area contributed by atoms with E-state index >= 15 is 0 Å². The second kappa shape index (κ2) is 21.4. The summed E-state index contributed by atoms with van der Waals surface area (Å²) in [7, 11) is 0. The third-order valence-electron chi connectivity index (χ3n) is 12.8. The lowest BCUT2D eigenvalue weighted by molar-refractivity contribution is -0.148. The minimum Gasteiger partial charge on any atom is -0.481 e. The highest BCUT2D eigenvalue weighted by Gasteiger charge is 2.29. The molecule has 320 valence electrons. The largest absolute Gasteiger partial charge is 0.481 e. The molecule has 0 radical (unpaired) electrons. The zero-order chi connectivity index (χ0) is 43.4. The quantitative estimate of drug-likeness (QED) is 0.0653. The molecule has 57 heavy (non-hydrogen) atoms. The van der Waals surface area contributed by atoms with Crippen LogP contribution < -0.4 is 0 Å². The van der Waals surface area contributed by atoms with Crippen LogP contribution in [-0.2, 0) is 51.3 Å². The summed E-state index contributed by atoms with van der Waals surface area (Å²) in [6.45, 7) is 20.9. The Morgan fingerprint density at radius 1 is 0.421 bits per heavy atom. The Kier molecular flexibility index (Phi) is 18.5. The van der Waals surface area contributed by atoms with Crippen LogP contribution in [0, 0.1) is 42.4 Å². The van der Waals surface area contributed by atoms with Gasteiger partial charge in [0.2, 0.25) is 0 Å². The molecule has 4 N–H and O–H groups in total. The number of aryl methyl sites for hydroxylation is 4. The molecular weight excluding hydrogens is 717 g/mol. The predicted molar refractivity (Wildman–Crippen MR) is 230 cm³/mol. The first-order valence-corrected chi connectivity index (χ1v) is 21.5. The van der Waals surface area contributed by atoms with Crippen LogP contribution in [0.5, 0.6) is 0 Å². The van der Waals surface area contributed by atoms with Crippen LogP contribution in [0.2, 0.25) is 0 Å². The SMILES string of the molecule is Cc1cc(CCCCC(C)(C)C(=O)O)c(Cc2cc(CCCCCC(C)(C)C(=O)O)cc(CCCCC(C)(C)C(=O)O)c2C)c(CCCCC(C)(C)C(=O)O)c1C. The van der Waals surface area contributed by atoms with E-state index in [0.29, 0.717) is 25.7 Å². The van der Waals surface area contributed by atoms with Gasteiger partial charge in [-0.05, 0) is 210 Å². The van der Waals surface area contributed by atoms with Crippen LogP contribution >= 0.6 is 0 Å². The molecule has 0 aliphatic rings. The minimum absolute atomic E-state index is 0.608. The molecule has 0 aromatic heterocycles. The topological polar surface area (TPSA) is 149 Å². The molecule has 0 bridgehead atoms. The molecule has 0 aliphatic heterocycles. The number of aliphatic carboxylic acids is 4. The Hall–Kier alpha value is -3.68. The maximum Gasteiger partial charge on any atom is 0.309 e. The summed E-state index contributed by atoms with van der Waals surface area (Å²) < 4.78 is 0. The fourth-order valence-corrected chi connectivity index (χ4v) is 7.72. The number of benzene rings is 2. The monoisotopic (exact) mass is 793 g/mol. The highest BCUT2D eigenvalue weighted by Crippen LogP contribution is 2.34. The third-order valence-corrected chi connectivity index (χ3v) is 12.8. The van der Waals surface area contributed by atoms with Crippen molar-refractivity contribution in [1.82, 2.24) is 0 Å². The Morgan fingerprint density at radius 3 is 1.23 bits per heavy atom. The van der Waals surface area contributed by atoms with Gasteiger partial charge in [-0.25, -0.2) is 0 Å². The van der Waals surface area contributed by atoms with E-state index in [1.807, 2.05) is 0 Å². The van der Waals surface area contributed by atoms with E-state index in [1.165, 1.54) is 50.1 Å². The van der Waals surface area contributed by atoms with Crippen molar-refractivity contribution in [3.8, 4) is 0 Å². The van der Waals surface area contributed by atoms with Crippen LogP contribution in [0.25, 0.3) is 0 Å². The van der Waals surface area contributed by atoms with Crippen LogP contribution in [0.4, 0.5) is 0 Å². The fourth-order valence-electron chi connectivity index (χ4n) is 7.72. The zero-order valence-corrected chi connectivity index (χ0v) is 37.4. The van der Waals surface area contributed by atoms with Crippen LogP contribution in [-0.4, -0.2) is 44.3 Å². The van der Waals surface area contributed by atoms with Gasteiger partial charge in [-0.1, -0.05) is 50.3 Å². The molecule has 0 saturated heterocycles. The molecule has 0 spiro atoms. The van der Waals surface area contributed by atoms with Crippen LogP contribution in [0.15, 0.2) is 18.2 Å². The van der Waals surface area contributed by atoms with Gasteiger partial charge in [0.05, 0.1) is 21.7 Å². The lowest BCUT2D eigenvalue weighted by atomic mass is 9.81. The second-order valence-corrected chi connectivity index (χ2v) is 19.6. The van der Waals surface area contributed by atoms with Gasteiger partial charge in [0.25, 0.3) is 0 Å². The molecule has 8 nitrogen and oxygen atoms in total. The van der Waals surface area contributed by atoms with Gasteiger partial charge >= 0.3 is 23.9 Å². The second-order valence-electron chi connectivity index (χ2n) is 19.6. The van der Waals surface area contributed by atoms with E-state index < -0.39 is 45.5 Å². The summed E-state index contributed by atoms with van der Waals surface area (Å²) in [5.74, 6) is -3.08. The van der Waals surface area contributed by atoms with Gasteiger partial charge in [-0.3, -0.25) is 19.2 Å². The number of carboxylic acid groups (broad SMARTS) is 4. The van der Waals surface area contributed by atoms with Gasteiger partial charge in [0, 0.05) is 0 Å². The van der Waals surface area contributed by atoms with Crippen molar-refractivity contribution in [3.05, 3.63) is 68.3 Å². The number of hydrogen-bond acceptors (Lipinski definition) is 4. The summed E-state index contributed by atoms with van der Waals surface area (Å²) >= 11 is 0. The van der Waals surface area contributed by atoms with Crippen molar-refractivity contribution in [3.63, 3.8) is 0 Å². The highest BCUT2D eigenvalue weighted by atomic mass is 16.4. The van der Waals surface area contributed by atoms with Gasteiger partial charge in [-0.15, -0.1) is 0 Å². The van der Waals surface area contributed by atoms with Gasteiger partial charge in [0.1, 0.15) is 0 Å². The average molecular weight is 793 g/mol. The summed E-state index contributed by atoms with van der Waals surface area (Å²) in [6.07, 6.45) is 14.6. The van der Waals surface area contributed by atoms with Crippen molar-refractivity contribution in [2.45, 2.75) is 192 Å². The van der Waals surface area contributed by atoms with E-state index in [0.717, 1.165) is 89.9 Å². The number of carbonyl (C=O) groups is 4. The number of carboxylic acids is 4.